The Labute approximate surface area is 103 Å². The summed E-state index contributed by atoms with van der Waals surface area (Å²) in [7, 11) is 0. The van der Waals surface area contributed by atoms with Gasteiger partial charge in [0.1, 0.15) is 11.6 Å². The summed E-state index contributed by atoms with van der Waals surface area (Å²) in [4.78, 5) is 0. The van der Waals surface area contributed by atoms with Gasteiger partial charge in [0.25, 0.3) is 0 Å². The van der Waals surface area contributed by atoms with Gasteiger partial charge in [0.2, 0.25) is 0 Å². The molecule has 5 heteroatoms. The number of hydrogen-bond acceptors (Lipinski definition) is 2. The zero-order chi connectivity index (χ0) is 13.2. The van der Waals surface area contributed by atoms with Crippen molar-refractivity contribution in [3.8, 4) is 5.75 Å². The number of halogens is 3. The van der Waals surface area contributed by atoms with Gasteiger partial charge in [-0.1, -0.05) is 12.1 Å². The summed E-state index contributed by atoms with van der Waals surface area (Å²) in [5, 5.41) is 8.67. The van der Waals surface area contributed by atoms with Gasteiger partial charge in [-0.25, -0.2) is 4.39 Å². The molecule has 1 aliphatic rings. The lowest BCUT2D eigenvalue weighted by Gasteiger charge is -2.12. The molecule has 98 valence electrons. The fourth-order valence-electron chi connectivity index (χ4n) is 1.96. The van der Waals surface area contributed by atoms with Gasteiger partial charge in [0, 0.05) is 5.41 Å². The molecule has 0 atom stereocenters. The van der Waals surface area contributed by atoms with Crippen LogP contribution in [0.4, 0.5) is 13.2 Å². The molecule has 0 saturated heterocycles. The van der Waals surface area contributed by atoms with E-state index in [4.69, 9.17) is 5.11 Å². The van der Waals surface area contributed by atoms with Crippen LogP contribution >= 0.6 is 0 Å². The molecule has 0 unspecified atom stereocenters. The molecule has 1 fully saturated rings. The van der Waals surface area contributed by atoms with Gasteiger partial charge in [0.05, 0.1) is 6.61 Å². The number of aliphatic hydroxyl groups is 1. The predicted molar refractivity (Wildman–Crippen MR) is 60.3 cm³/mol. The van der Waals surface area contributed by atoms with Crippen LogP contribution in [0.5, 0.6) is 5.75 Å². The lowest BCUT2D eigenvalue weighted by atomic mass is 9.95. The zero-order valence-corrected chi connectivity index (χ0v) is 9.57. The first-order chi connectivity index (χ1) is 8.55. The molecule has 2 nitrogen and oxygen atoms in total. The third-order valence-corrected chi connectivity index (χ3v) is 3.03. The van der Waals surface area contributed by atoms with Crippen LogP contribution in [0, 0.1) is 0 Å². The maximum absolute atomic E-state index is 13.1. The van der Waals surface area contributed by atoms with Crippen molar-refractivity contribution in [2.45, 2.75) is 24.9 Å². The molecule has 2 rings (SSSR count). The van der Waals surface area contributed by atoms with E-state index in [0.29, 0.717) is 0 Å². The first kappa shape index (κ1) is 13.0. The van der Waals surface area contributed by atoms with Crippen molar-refractivity contribution in [2.24, 2.45) is 0 Å². The molecule has 0 amide bonds. The SMILES string of the molecule is OC/C(F)=C\C1(c2ccc(OC(F)F)cc2)CC1. The van der Waals surface area contributed by atoms with Crippen molar-refractivity contribution < 1.29 is 23.0 Å². The molecular weight excluding hydrogens is 245 g/mol. The maximum atomic E-state index is 13.1. The smallest absolute Gasteiger partial charge is 0.387 e. The maximum Gasteiger partial charge on any atom is 0.387 e. The molecule has 1 N–H and O–H groups in total. The molecule has 0 aliphatic heterocycles. The summed E-state index contributed by atoms with van der Waals surface area (Å²) in [6.07, 6.45) is 2.97. The number of ether oxygens (including phenoxy) is 1. The highest BCUT2D eigenvalue weighted by molar-refractivity contribution is 5.40. The van der Waals surface area contributed by atoms with Crippen LogP contribution in [-0.2, 0) is 5.41 Å². The molecule has 0 bridgehead atoms. The van der Waals surface area contributed by atoms with E-state index < -0.39 is 24.5 Å². The van der Waals surface area contributed by atoms with Gasteiger partial charge >= 0.3 is 6.61 Å². The Balaban J connectivity index is 2.15. The molecule has 1 aliphatic carbocycles. The van der Waals surface area contributed by atoms with E-state index in [2.05, 4.69) is 4.74 Å². The summed E-state index contributed by atoms with van der Waals surface area (Å²) in [5.41, 5.74) is 0.448. The normalized spacial score (nSPS) is 17.9. The Morgan fingerprint density at radius 1 is 1.33 bits per heavy atom. The molecule has 1 saturated carbocycles. The van der Waals surface area contributed by atoms with Crippen LogP contribution in [-0.4, -0.2) is 18.3 Å². The molecule has 0 heterocycles. The summed E-state index contributed by atoms with van der Waals surface area (Å²) >= 11 is 0. The van der Waals surface area contributed by atoms with Crippen molar-refractivity contribution in [3.05, 3.63) is 41.7 Å². The average molecular weight is 258 g/mol. The third kappa shape index (κ3) is 2.85. The van der Waals surface area contributed by atoms with Gasteiger partial charge in [0.15, 0.2) is 0 Å². The van der Waals surface area contributed by atoms with Crippen LogP contribution in [0.25, 0.3) is 0 Å². The number of hydrogen-bond donors (Lipinski definition) is 1. The van der Waals surface area contributed by atoms with Gasteiger partial charge in [-0.2, -0.15) is 8.78 Å². The Hall–Kier alpha value is -1.49. The number of aliphatic hydroxyl groups excluding tert-OH is 1. The van der Waals surface area contributed by atoms with Gasteiger partial charge in [-0.15, -0.1) is 0 Å². The van der Waals surface area contributed by atoms with Gasteiger partial charge < -0.3 is 9.84 Å². The number of alkyl halides is 2. The second kappa shape index (κ2) is 5.02. The van der Waals surface area contributed by atoms with Gasteiger partial charge in [-0.05, 0) is 36.6 Å². The highest BCUT2D eigenvalue weighted by Gasteiger charge is 2.42. The van der Waals surface area contributed by atoms with E-state index in [-0.39, 0.29) is 5.75 Å². The Kier molecular flexibility index (Phi) is 3.61. The van der Waals surface area contributed by atoms with Crippen LogP contribution in [0.1, 0.15) is 18.4 Å². The summed E-state index contributed by atoms with van der Waals surface area (Å²) < 4.78 is 41.3. The van der Waals surface area contributed by atoms with Crippen LogP contribution < -0.4 is 4.74 Å². The second-order valence-electron chi connectivity index (χ2n) is 4.31. The molecule has 0 aromatic heterocycles. The fourth-order valence-corrected chi connectivity index (χ4v) is 1.96. The highest BCUT2D eigenvalue weighted by Crippen LogP contribution is 2.50. The molecular formula is C13H13F3O2. The zero-order valence-electron chi connectivity index (χ0n) is 9.57. The Bertz CT molecular complexity index is 436. The first-order valence-corrected chi connectivity index (χ1v) is 5.59. The molecule has 18 heavy (non-hydrogen) atoms. The number of allylic oxidation sites excluding steroid dienone is 1. The highest BCUT2D eigenvalue weighted by atomic mass is 19.3. The Morgan fingerprint density at radius 3 is 2.39 bits per heavy atom. The van der Waals surface area contributed by atoms with Crippen molar-refractivity contribution in [1.82, 2.24) is 0 Å². The number of rotatable bonds is 5. The molecule has 1 aromatic carbocycles. The van der Waals surface area contributed by atoms with Crippen LogP contribution in [0.15, 0.2) is 36.2 Å². The van der Waals surface area contributed by atoms with Crippen molar-refractivity contribution in [1.29, 1.82) is 0 Å². The molecule has 0 spiro atoms. The summed E-state index contributed by atoms with van der Waals surface area (Å²) in [5.74, 6) is -0.489. The monoisotopic (exact) mass is 258 g/mol. The minimum absolute atomic E-state index is 0.0798. The van der Waals surface area contributed by atoms with Crippen LogP contribution in [0.2, 0.25) is 0 Å². The van der Waals surface area contributed by atoms with E-state index in [1.165, 1.54) is 18.2 Å². The number of benzene rings is 1. The van der Waals surface area contributed by atoms with E-state index in [1.54, 1.807) is 12.1 Å². The van der Waals surface area contributed by atoms with E-state index in [9.17, 15) is 13.2 Å². The fraction of sp³-hybridized carbons (Fsp3) is 0.385. The lowest BCUT2D eigenvalue weighted by molar-refractivity contribution is -0.0498. The quantitative estimate of drug-likeness (QED) is 0.879. The largest absolute Gasteiger partial charge is 0.435 e. The average Bonchev–Trinajstić information content (AvgIpc) is 3.10. The summed E-state index contributed by atoms with van der Waals surface area (Å²) in [6.45, 7) is -3.47. The Morgan fingerprint density at radius 2 is 1.94 bits per heavy atom. The topological polar surface area (TPSA) is 29.5 Å². The minimum Gasteiger partial charge on any atom is -0.435 e. The second-order valence-corrected chi connectivity index (χ2v) is 4.31. The molecule has 1 aromatic rings. The van der Waals surface area contributed by atoms with E-state index >= 15 is 0 Å². The first-order valence-electron chi connectivity index (χ1n) is 5.59. The van der Waals surface area contributed by atoms with Crippen LogP contribution in [0.3, 0.4) is 0 Å². The van der Waals surface area contributed by atoms with Crippen molar-refractivity contribution in [3.63, 3.8) is 0 Å². The van der Waals surface area contributed by atoms with Crippen molar-refractivity contribution in [2.75, 3.05) is 6.61 Å². The minimum atomic E-state index is -2.85. The standard InChI is InChI=1S/C13H13F3O2/c14-10(8-17)7-13(5-6-13)9-1-3-11(4-2-9)18-12(15)16/h1-4,7,12,17H,5-6,8H2/b10-7+. The van der Waals surface area contributed by atoms with Gasteiger partial charge in [-0.3, -0.25) is 0 Å². The van der Waals surface area contributed by atoms with E-state index in [1.807, 2.05) is 0 Å². The van der Waals surface area contributed by atoms with E-state index in [0.717, 1.165) is 18.4 Å². The third-order valence-electron chi connectivity index (χ3n) is 3.03. The summed E-state index contributed by atoms with van der Waals surface area (Å²) in [6, 6.07) is 6.16. The lowest BCUT2D eigenvalue weighted by Crippen LogP contribution is -2.05. The molecule has 0 radical (unpaired) electrons. The predicted octanol–water partition coefficient (Wildman–Crippen LogP) is 3.17. The van der Waals surface area contributed by atoms with Crippen molar-refractivity contribution >= 4 is 0 Å².